The van der Waals surface area contributed by atoms with E-state index in [2.05, 4.69) is 99.8 Å². The molecule has 0 aromatic heterocycles. The number of hydrogen-bond donors (Lipinski definition) is 0. The lowest BCUT2D eigenvalue weighted by Gasteiger charge is -2.18. The Morgan fingerprint density at radius 1 is 0.296 bits per heavy atom. The largest absolute Gasteiger partial charge is 0.462 e. The molecule has 0 saturated carbocycles. The van der Waals surface area contributed by atoms with Crippen LogP contribution in [0.1, 0.15) is 290 Å². The molecule has 0 aliphatic carbocycles. The molecule has 0 saturated heterocycles. The summed E-state index contributed by atoms with van der Waals surface area (Å²) in [4.78, 5) is 38.2. The minimum atomic E-state index is -0.819. The van der Waals surface area contributed by atoms with Crippen molar-refractivity contribution in [1.82, 2.24) is 0 Å². The number of allylic oxidation sites excluding steroid dienone is 14. The Bertz CT molecular complexity index is 1370. The molecule has 0 radical (unpaired) electrons. The van der Waals surface area contributed by atoms with Crippen LogP contribution in [-0.4, -0.2) is 37.2 Å². The van der Waals surface area contributed by atoms with Crippen LogP contribution in [0.5, 0.6) is 0 Å². The first-order valence-electron chi connectivity index (χ1n) is 30.1. The molecule has 71 heavy (non-hydrogen) atoms. The van der Waals surface area contributed by atoms with Gasteiger partial charge in [-0.15, -0.1) is 0 Å². The lowest BCUT2D eigenvalue weighted by molar-refractivity contribution is -0.166. The average molecular weight is 990 g/mol. The van der Waals surface area contributed by atoms with Gasteiger partial charge in [-0.25, -0.2) is 0 Å². The van der Waals surface area contributed by atoms with Crippen molar-refractivity contribution in [3.8, 4) is 0 Å². The fraction of sp³-hybridized carbons (Fsp3) is 0.738. The van der Waals surface area contributed by atoms with E-state index < -0.39 is 12.1 Å². The molecule has 6 heteroatoms. The second kappa shape index (κ2) is 59.2. The predicted octanol–water partition coefficient (Wildman–Crippen LogP) is 20.3. The van der Waals surface area contributed by atoms with Gasteiger partial charge in [0.05, 0.1) is 0 Å². The van der Waals surface area contributed by atoms with Crippen LogP contribution in [0.3, 0.4) is 0 Å². The Balaban J connectivity index is 4.43. The van der Waals surface area contributed by atoms with E-state index in [1.807, 2.05) is 6.08 Å². The zero-order chi connectivity index (χ0) is 51.4. The van der Waals surface area contributed by atoms with Crippen molar-refractivity contribution in [3.63, 3.8) is 0 Å². The number of hydrogen-bond acceptors (Lipinski definition) is 6. The van der Waals surface area contributed by atoms with Crippen molar-refractivity contribution >= 4 is 17.9 Å². The minimum absolute atomic E-state index is 0.107. The van der Waals surface area contributed by atoms with Crippen LogP contribution in [0.15, 0.2) is 85.1 Å². The van der Waals surface area contributed by atoms with Gasteiger partial charge in [0.15, 0.2) is 6.10 Å². The molecule has 0 fully saturated rings. The van der Waals surface area contributed by atoms with Gasteiger partial charge in [0.2, 0.25) is 0 Å². The third-order valence-corrected chi connectivity index (χ3v) is 12.9. The van der Waals surface area contributed by atoms with Gasteiger partial charge in [0.25, 0.3) is 0 Å². The minimum Gasteiger partial charge on any atom is -0.462 e. The summed E-state index contributed by atoms with van der Waals surface area (Å²) in [6.45, 7) is 6.47. The highest BCUT2D eigenvalue weighted by molar-refractivity contribution is 5.71. The summed E-state index contributed by atoms with van der Waals surface area (Å²) in [7, 11) is 0. The number of ether oxygens (including phenoxy) is 3. The smallest absolute Gasteiger partial charge is 0.306 e. The van der Waals surface area contributed by atoms with Gasteiger partial charge in [-0.05, 0) is 83.5 Å². The number of carbonyl (C=O) groups is 3. The second-order valence-electron chi connectivity index (χ2n) is 19.9. The van der Waals surface area contributed by atoms with Gasteiger partial charge in [0.1, 0.15) is 13.2 Å². The molecule has 0 N–H and O–H groups in total. The zero-order valence-corrected chi connectivity index (χ0v) is 46.7. The highest BCUT2D eigenvalue weighted by Crippen LogP contribution is 2.16. The van der Waals surface area contributed by atoms with Gasteiger partial charge in [-0.2, -0.15) is 0 Å². The summed E-state index contributed by atoms with van der Waals surface area (Å²) in [5.74, 6) is -0.992. The van der Waals surface area contributed by atoms with E-state index in [1.165, 1.54) is 154 Å². The summed E-state index contributed by atoms with van der Waals surface area (Å²) in [6, 6.07) is 0. The fourth-order valence-electron chi connectivity index (χ4n) is 8.41. The molecule has 0 spiro atoms. The first-order chi connectivity index (χ1) is 35.0. The Morgan fingerprint density at radius 2 is 0.577 bits per heavy atom. The molecule has 1 atom stereocenters. The molecule has 0 heterocycles. The van der Waals surface area contributed by atoms with E-state index in [1.54, 1.807) is 0 Å². The van der Waals surface area contributed by atoms with Gasteiger partial charge < -0.3 is 14.2 Å². The van der Waals surface area contributed by atoms with Gasteiger partial charge in [-0.3, -0.25) is 14.4 Å². The third kappa shape index (κ3) is 57.4. The molecule has 0 amide bonds. The molecular weight excluding hydrogens is 877 g/mol. The molecule has 0 aliphatic rings. The van der Waals surface area contributed by atoms with Gasteiger partial charge in [0, 0.05) is 19.3 Å². The van der Waals surface area contributed by atoms with E-state index in [9.17, 15) is 14.4 Å². The standard InChI is InChI=1S/C65H112O6/c1-4-7-10-13-16-19-22-25-27-29-31-32-34-35-37-40-43-46-49-52-55-58-64(67)70-61-62(60-69-63(66)57-54-51-48-45-42-39-24-21-18-15-12-9-6-3)71-65(68)59-56-53-50-47-44-41-38-36-33-30-28-26-23-20-17-14-11-8-5-2/h8,11,17,20-21,24,26,28,33,36,41,44,50,53,62H,4-7,9-10,12-16,18-19,22-23,25,27,29-32,34-35,37-40,42-43,45-49,51-52,54-61H2,1-3H3/b11-8-,20-17-,24-21-,28-26-,36-33-,44-41-,53-50-/t62-/m1/s1. The van der Waals surface area contributed by atoms with Crippen molar-refractivity contribution in [3.05, 3.63) is 85.1 Å². The molecule has 0 rings (SSSR count). The summed E-state index contributed by atoms with van der Waals surface area (Å²) in [5.41, 5.74) is 0. The van der Waals surface area contributed by atoms with Crippen LogP contribution < -0.4 is 0 Å². The summed E-state index contributed by atoms with van der Waals surface area (Å²) in [5, 5.41) is 0. The van der Waals surface area contributed by atoms with Crippen LogP contribution >= 0.6 is 0 Å². The first-order valence-corrected chi connectivity index (χ1v) is 30.1. The maximum atomic E-state index is 12.8. The molecule has 0 aliphatic heterocycles. The van der Waals surface area contributed by atoms with Crippen LogP contribution in [-0.2, 0) is 28.6 Å². The molecule has 408 valence electrons. The van der Waals surface area contributed by atoms with Crippen molar-refractivity contribution in [1.29, 1.82) is 0 Å². The normalized spacial score (nSPS) is 12.7. The quantitative estimate of drug-likeness (QED) is 0.0261. The zero-order valence-electron chi connectivity index (χ0n) is 46.7. The number of rotatable bonds is 54. The van der Waals surface area contributed by atoms with E-state index in [4.69, 9.17) is 14.2 Å². The summed E-state index contributed by atoms with van der Waals surface area (Å²) in [6.07, 6.45) is 77.4. The first kappa shape index (κ1) is 67.6. The Hall–Kier alpha value is -3.41. The Kier molecular flexibility index (Phi) is 56.3. The topological polar surface area (TPSA) is 78.9 Å². The monoisotopic (exact) mass is 989 g/mol. The highest BCUT2D eigenvalue weighted by atomic mass is 16.6. The lowest BCUT2D eigenvalue weighted by atomic mass is 10.0. The highest BCUT2D eigenvalue weighted by Gasteiger charge is 2.19. The lowest BCUT2D eigenvalue weighted by Crippen LogP contribution is -2.30. The van der Waals surface area contributed by atoms with E-state index in [0.717, 1.165) is 89.9 Å². The van der Waals surface area contributed by atoms with Crippen LogP contribution in [0.2, 0.25) is 0 Å². The molecule has 0 aromatic rings. The van der Waals surface area contributed by atoms with Gasteiger partial charge >= 0.3 is 17.9 Å². The molecular formula is C65H112O6. The molecule has 6 nitrogen and oxygen atoms in total. The maximum Gasteiger partial charge on any atom is 0.306 e. The second-order valence-corrected chi connectivity index (χ2v) is 19.9. The van der Waals surface area contributed by atoms with Gasteiger partial charge in [-0.1, -0.05) is 273 Å². The van der Waals surface area contributed by atoms with Crippen molar-refractivity contribution in [2.75, 3.05) is 13.2 Å². The average Bonchev–Trinajstić information content (AvgIpc) is 3.37. The van der Waals surface area contributed by atoms with Crippen molar-refractivity contribution in [2.24, 2.45) is 0 Å². The number of esters is 3. The number of carbonyl (C=O) groups excluding carboxylic acids is 3. The van der Waals surface area contributed by atoms with E-state index >= 15 is 0 Å². The fourth-order valence-corrected chi connectivity index (χ4v) is 8.41. The maximum absolute atomic E-state index is 12.8. The number of unbranched alkanes of at least 4 members (excludes halogenated alkanes) is 29. The molecule has 0 bridgehead atoms. The van der Waals surface area contributed by atoms with Crippen molar-refractivity contribution in [2.45, 2.75) is 297 Å². The van der Waals surface area contributed by atoms with E-state index in [-0.39, 0.29) is 31.6 Å². The van der Waals surface area contributed by atoms with Crippen LogP contribution in [0.4, 0.5) is 0 Å². The summed E-state index contributed by atoms with van der Waals surface area (Å²) >= 11 is 0. The molecule has 0 unspecified atom stereocenters. The predicted molar refractivity (Wildman–Crippen MR) is 307 cm³/mol. The molecule has 0 aromatic carbocycles. The van der Waals surface area contributed by atoms with E-state index in [0.29, 0.717) is 19.3 Å². The van der Waals surface area contributed by atoms with Crippen LogP contribution in [0, 0.1) is 0 Å². The van der Waals surface area contributed by atoms with Crippen LogP contribution in [0.25, 0.3) is 0 Å². The third-order valence-electron chi connectivity index (χ3n) is 12.9. The Labute approximate surface area is 439 Å². The SMILES string of the molecule is CC/C=C\C/C=C\C/C=C\C/C=C\C/C=C\C/C=C\CCC(=O)O[C@H](COC(=O)CCCCCCC/C=C\CCCCCC)COC(=O)CCCCCCCCCCCCCCCCCCCCCCC. The summed E-state index contributed by atoms with van der Waals surface area (Å²) < 4.78 is 16.8. The van der Waals surface area contributed by atoms with Crippen molar-refractivity contribution < 1.29 is 28.6 Å². The Morgan fingerprint density at radius 3 is 0.930 bits per heavy atom.